The molecule has 0 saturated carbocycles. The Bertz CT molecular complexity index is 712. The zero-order valence-electron chi connectivity index (χ0n) is 10.2. The number of nitrogens with zero attached hydrogens (tertiary/aromatic N) is 1. The Labute approximate surface area is 106 Å². The van der Waals surface area contributed by atoms with Crippen molar-refractivity contribution in [3.63, 3.8) is 0 Å². The number of anilines is 1. The number of benzene rings is 2. The summed E-state index contributed by atoms with van der Waals surface area (Å²) in [6.07, 6.45) is 1.82. The molecule has 0 radical (unpaired) electrons. The van der Waals surface area contributed by atoms with Gasteiger partial charge in [-0.2, -0.15) is 0 Å². The highest BCUT2D eigenvalue weighted by Gasteiger charge is 2.06. The molecule has 2 aromatic carbocycles. The highest BCUT2D eigenvalue weighted by Crippen LogP contribution is 2.31. The van der Waals surface area contributed by atoms with Crippen molar-refractivity contribution >= 4 is 16.6 Å². The molecule has 0 spiro atoms. The topological polar surface area (TPSA) is 38.9 Å². The molecule has 0 aliphatic rings. The molecule has 88 valence electrons. The maximum absolute atomic E-state index is 5.89. The highest BCUT2D eigenvalue weighted by molar-refractivity contribution is 5.95. The smallest absolute Gasteiger partial charge is 0.0708 e. The van der Waals surface area contributed by atoms with Gasteiger partial charge in [-0.1, -0.05) is 24.3 Å². The van der Waals surface area contributed by atoms with Crippen molar-refractivity contribution in [2.75, 3.05) is 5.73 Å². The maximum Gasteiger partial charge on any atom is 0.0708 e. The second-order valence-electron chi connectivity index (χ2n) is 4.45. The molecule has 0 aliphatic carbocycles. The van der Waals surface area contributed by atoms with Crippen molar-refractivity contribution in [1.82, 2.24) is 4.98 Å². The van der Waals surface area contributed by atoms with Crippen molar-refractivity contribution < 1.29 is 0 Å². The third-order valence-electron chi connectivity index (χ3n) is 3.20. The van der Waals surface area contributed by atoms with E-state index in [2.05, 4.69) is 30.1 Å². The number of fused-ring (bicyclic) bond motifs is 1. The van der Waals surface area contributed by atoms with Crippen LogP contribution in [-0.4, -0.2) is 4.98 Å². The fourth-order valence-corrected chi connectivity index (χ4v) is 2.27. The monoisotopic (exact) mass is 234 g/mol. The van der Waals surface area contributed by atoms with Gasteiger partial charge in [-0.25, -0.2) is 0 Å². The normalized spacial score (nSPS) is 10.7. The van der Waals surface area contributed by atoms with E-state index in [1.165, 1.54) is 16.7 Å². The first kappa shape index (κ1) is 10.8. The quantitative estimate of drug-likeness (QED) is 0.650. The largest absolute Gasteiger partial charge is 0.399 e. The van der Waals surface area contributed by atoms with Gasteiger partial charge in [-0.15, -0.1) is 0 Å². The maximum atomic E-state index is 5.89. The number of hydrogen-bond acceptors (Lipinski definition) is 2. The van der Waals surface area contributed by atoms with Gasteiger partial charge in [0, 0.05) is 17.3 Å². The molecule has 3 aromatic rings. The molecule has 0 saturated heterocycles. The van der Waals surface area contributed by atoms with E-state index in [-0.39, 0.29) is 0 Å². The molecule has 2 N–H and O–H groups in total. The van der Waals surface area contributed by atoms with Crippen LogP contribution in [0.15, 0.2) is 54.7 Å². The Morgan fingerprint density at radius 3 is 2.72 bits per heavy atom. The third-order valence-corrected chi connectivity index (χ3v) is 3.20. The molecule has 1 heterocycles. The van der Waals surface area contributed by atoms with E-state index in [4.69, 9.17) is 5.73 Å². The number of rotatable bonds is 1. The van der Waals surface area contributed by atoms with Crippen LogP contribution < -0.4 is 5.73 Å². The summed E-state index contributed by atoms with van der Waals surface area (Å²) in [5.74, 6) is 0. The lowest BCUT2D eigenvalue weighted by molar-refractivity contribution is 1.41. The van der Waals surface area contributed by atoms with Gasteiger partial charge in [0.2, 0.25) is 0 Å². The lowest BCUT2D eigenvalue weighted by Gasteiger charge is -2.10. The summed E-state index contributed by atoms with van der Waals surface area (Å²) < 4.78 is 0. The number of nitrogen functional groups attached to an aromatic ring is 1. The Kier molecular flexibility index (Phi) is 2.49. The Morgan fingerprint density at radius 1 is 0.944 bits per heavy atom. The zero-order valence-corrected chi connectivity index (χ0v) is 10.2. The first-order valence-electron chi connectivity index (χ1n) is 5.96. The van der Waals surface area contributed by atoms with Crippen molar-refractivity contribution in [2.45, 2.75) is 6.92 Å². The van der Waals surface area contributed by atoms with Crippen LogP contribution in [0.4, 0.5) is 5.69 Å². The van der Waals surface area contributed by atoms with Crippen LogP contribution in [0.3, 0.4) is 0 Å². The van der Waals surface area contributed by atoms with Gasteiger partial charge >= 0.3 is 0 Å². The molecule has 0 amide bonds. The van der Waals surface area contributed by atoms with E-state index in [1.807, 2.05) is 36.5 Å². The van der Waals surface area contributed by atoms with Gasteiger partial charge in [-0.3, -0.25) is 4.98 Å². The third kappa shape index (κ3) is 1.72. The van der Waals surface area contributed by atoms with E-state index in [0.29, 0.717) is 0 Å². The van der Waals surface area contributed by atoms with Crippen molar-refractivity contribution in [3.8, 4) is 11.1 Å². The number of aromatic nitrogens is 1. The van der Waals surface area contributed by atoms with Crippen LogP contribution in [0, 0.1) is 6.92 Å². The second kappa shape index (κ2) is 4.15. The molecule has 2 heteroatoms. The fraction of sp³-hybridized carbons (Fsp3) is 0.0625. The van der Waals surface area contributed by atoms with E-state index in [0.717, 1.165) is 16.6 Å². The molecule has 18 heavy (non-hydrogen) atoms. The predicted molar refractivity (Wildman–Crippen MR) is 76.3 cm³/mol. The molecule has 3 rings (SSSR count). The van der Waals surface area contributed by atoms with Crippen molar-refractivity contribution in [2.24, 2.45) is 0 Å². The lowest BCUT2D eigenvalue weighted by Crippen LogP contribution is -1.90. The van der Waals surface area contributed by atoms with Gasteiger partial charge in [0.15, 0.2) is 0 Å². The lowest BCUT2D eigenvalue weighted by atomic mass is 9.96. The van der Waals surface area contributed by atoms with Crippen LogP contribution in [0.1, 0.15) is 5.56 Å². The Balaban J connectivity index is 2.35. The summed E-state index contributed by atoms with van der Waals surface area (Å²) in [5.41, 5.74) is 11.3. The average molecular weight is 234 g/mol. The number of pyridine rings is 1. The van der Waals surface area contributed by atoms with E-state index in [9.17, 15) is 0 Å². The van der Waals surface area contributed by atoms with E-state index >= 15 is 0 Å². The molecule has 0 bridgehead atoms. The van der Waals surface area contributed by atoms with Crippen LogP contribution in [0.5, 0.6) is 0 Å². The Morgan fingerprint density at radius 2 is 1.83 bits per heavy atom. The van der Waals surface area contributed by atoms with Crippen molar-refractivity contribution in [3.05, 3.63) is 60.3 Å². The molecular formula is C16H14N2. The minimum absolute atomic E-state index is 0.788. The standard InChI is InChI=1S/C16H14N2/c1-11-7-8-12(17)10-15(11)13-4-2-6-16-14(13)5-3-9-18-16/h2-10H,17H2,1H3. The summed E-state index contributed by atoms with van der Waals surface area (Å²) in [6.45, 7) is 2.10. The van der Waals surface area contributed by atoms with Crippen LogP contribution in [-0.2, 0) is 0 Å². The first-order valence-corrected chi connectivity index (χ1v) is 5.96. The minimum atomic E-state index is 0.788. The van der Waals surface area contributed by atoms with Gasteiger partial charge in [0.1, 0.15) is 0 Å². The van der Waals surface area contributed by atoms with Gasteiger partial charge in [-0.05, 0) is 47.9 Å². The minimum Gasteiger partial charge on any atom is -0.399 e. The van der Waals surface area contributed by atoms with Crippen LogP contribution in [0.2, 0.25) is 0 Å². The molecular weight excluding hydrogens is 220 g/mol. The molecule has 0 unspecified atom stereocenters. The van der Waals surface area contributed by atoms with Gasteiger partial charge in [0.05, 0.1) is 5.52 Å². The van der Waals surface area contributed by atoms with Crippen LogP contribution in [0.25, 0.3) is 22.0 Å². The van der Waals surface area contributed by atoms with Crippen molar-refractivity contribution in [1.29, 1.82) is 0 Å². The van der Waals surface area contributed by atoms with Crippen LogP contribution >= 0.6 is 0 Å². The van der Waals surface area contributed by atoms with E-state index < -0.39 is 0 Å². The van der Waals surface area contributed by atoms with E-state index in [1.54, 1.807) is 0 Å². The van der Waals surface area contributed by atoms with Gasteiger partial charge in [0.25, 0.3) is 0 Å². The summed E-state index contributed by atoms with van der Waals surface area (Å²) in [5, 5.41) is 1.16. The average Bonchev–Trinajstić information content (AvgIpc) is 2.41. The SMILES string of the molecule is Cc1ccc(N)cc1-c1cccc2ncccc12. The Hall–Kier alpha value is -2.35. The fourth-order valence-electron chi connectivity index (χ4n) is 2.27. The zero-order chi connectivity index (χ0) is 12.5. The molecule has 0 fully saturated rings. The number of aryl methyl sites for hydroxylation is 1. The summed E-state index contributed by atoms with van der Waals surface area (Å²) in [7, 11) is 0. The number of nitrogens with two attached hydrogens (primary N) is 1. The summed E-state index contributed by atoms with van der Waals surface area (Å²) in [6, 6.07) is 16.3. The summed E-state index contributed by atoms with van der Waals surface area (Å²) >= 11 is 0. The second-order valence-corrected chi connectivity index (χ2v) is 4.45. The highest BCUT2D eigenvalue weighted by atomic mass is 14.6. The summed E-state index contributed by atoms with van der Waals surface area (Å²) in [4.78, 5) is 4.39. The predicted octanol–water partition coefficient (Wildman–Crippen LogP) is 3.79. The molecule has 0 aliphatic heterocycles. The molecule has 2 nitrogen and oxygen atoms in total. The molecule has 0 atom stereocenters. The number of hydrogen-bond donors (Lipinski definition) is 1. The van der Waals surface area contributed by atoms with Gasteiger partial charge < -0.3 is 5.73 Å². The molecule has 1 aromatic heterocycles. The first-order chi connectivity index (χ1) is 8.75.